The van der Waals surface area contributed by atoms with Crippen LogP contribution in [0.2, 0.25) is 30.1 Å². The van der Waals surface area contributed by atoms with Gasteiger partial charge in [-0.15, -0.1) is 0 Å². The van der Waals surface area contributed by atoms with Crippen molar-refractivity contribution < 1.29 is 39.9 Å². The summed E-state index contributed by atoms with van der Waals surface area (Å²) in [6.07, 6.45) is 9.07. The number of hydrogen-bond donors (Lipinski definition) is 1. The van der Waals surface area contributed by atoms with Crippen molar-refractivity contribution in [2.45, 2.75) is 38.4 Å². The summed E-state index contributed by atoms with van der Waals surface area (Å²) in [5, 5.41) is 11.0. The maximum Gasteiger partial charge on any atom is 1.00 e. The van der Waals surface area contributed by atoms with Crippen LogP contribution in [0.4, 0.5) is 0 Å². The summed E-state index contributed by atoms with van der Waals surface area (Å²) in [6.45, 7) is 1.64. The Morgan fingerprint density at radius 1 is 0.609 bits per heavy atom. The van der Waals surface area contributed by atoms with Gasteiger partial charge in [0.2, 0.25) is 0 Å². The Labute approximate surface area is 455 Å². The Balaban J connectivity index is 0.000000314. The predicted octanol–water partition coefficient (Wildman–Crippen LogP) is 17.2. The molecular formula is C50H44AlCl10O8+. The number of phenols is 1. The molecule has 1 fully saturated rings. The van der Waals surface area contributed by atoms with Crippen molar-refractivity contribution in [1.82, 2.24) is 0 Å². The number of hydrogen-bond acceptors (Lipinski definition) is 8. The number of ketones is 2. The number of benzene rings is 6. The molecule has 1 unspecified atom stereocenters. The maximum absolute atomic E-state index is 12.5. The van der Waals surface area contributed by atoms with Crippen LogP contribution in [0.25, 0.3) is 0 Å². The van der Waals surface area contributed by atoms with Gasteiger partial charge in [-0.25, -0.2) is 30.1 Å². The number of phenolic OH excluding ortho intramolecular Hbond substituents is 1. The van der Waals surface area contributed by atoms with E-state index in [0.717, 1.165) is 38.2 Å². The molecule has 0 radical (unpaired) electrons. The van der Waals surface area contributed by atoms with Gasteiger partial charge in [0.15, 0.2) is 17.9 Å². The van der Waals surface area contributed by atoms with E-state index in [4.69, 9.17) is 135 Å². The summed E-state index contributed by atoms with van der Waals surface area (Å²) >= 11 is 38.5. The quantitative estimate of drug-likeness (QED) is 0.0912. The molecule has 0 saturated carbocycles. The van der Waals surface area contributed by atoms with Crippen molar-refractivity contribution in [2.75, 3.05) is 20.3 Å². The highest BCUT2D eigenvalue weighted by Gasteiger charge is 2.17. The fourth-order valence-corrected chi connectivity index (χ4v) is 6.93. The highest BCUT2D eigenvalue weighted by molar-refractivity contribution is 7.54. The average molecular weight is 1150 g/mol. The first kappa shape index (κ1) is 60.0. The summed E-state index contributed by atoms with van der Waals surface area (Å²) in [5.41, 5.74) is 1.96. The molecule has 0 spiro atoms. The Morgan fingerprint density at radius 3 is 1.45 bits per heavy atom. The first-order valence-electron chi connectivity index (χ1n) is 20.6. The second-order valence-corrected chi connectivity index (χ2v) is 23.2. The lowest BCUT2D eigenvalue weighted by Crippen LogP contribution is -2.24. The van der Waals surface area contributed by atoms with Crippen LogP contribution in [-0.4, -0.2) is 59.9 Å². The van der Waals surface area contributed by atoms with E-state index in [1.54, 1.807) is 74.0 Å². The Bertz CT molecular complexity index is 2540. The SMILES string of the molecule is C1=COCCC1.COc1ccccc1.O=C(Cl)c1cc(Cl)ccc1Cl.O=C(c1ccc(O)cc1)c1cc(Cl)ccc1Cl.O=C(c1ccc(OC2CCCCO2)cc1)c1cc(Cl)ccc1Cl.[Cl][Al]([Cl])[Cl].[H+]. The second kappa shape index (κ2) is 33.3. The van der Waals surface area contributed by atoms with Crippen LogP contribution in [0.5, 0.6) is 17.2 Å². The van der Waals surface area contributed by atoms with Gasteiger partial charge in [0.25, 0.3) is 5.24 Å². The highest BCUT2D eigenvalue weighted by Crippen LogP contribution is 2.27. The average Bonchev–Trinajstić information content (AvgIpc) is 3.35. The van der Waals surface area contributed by atoms with Gasteiger partial charge in [0.1, 0.15) is 17.2 Å². The maximum atomic E-state index is 12.5. The molecular weight excluding hydrogens is 1110 g/mol. The number of aromatic hydroxyl groups is 1. The molecule has 364 valence electrons. The van der Waals surface area contributed by atoms with E-state index in [-0.39, 0.29) is 30.6 Å². The van der Waals surface area contributed by atoms with Gasteiger partial charge in [0.05, 0.1) is 47.2 Å². The first-order chi connectivity index (χ1) is 33.0. The van der Waals surface area contributed by atoms with E-state index in [1.807, 2.05) is 36.4 Å². The van der Waals surface area contributed by atoms with Crippen molar-refractivity contribution in [1.29, 1.82) is 0 Å². The molecule has 2 aliphatic rings. The molecule has 8 nitrogen and oxygen atoms in total. The van der Waals surface area contributed by atoms with Gasteiger partial charge >= 0.3 is 12.8 Å². The minimum atomic E-state index is -1.72. The number of carbonyl (C=O) groups excluding carboxylic acids is 3. The number of para-hydroxylation sites is 1. The molecule has 69 heavy (non-hydrogen) atoms. The number of rotatable bonds is 8. The van der Waals surface area contributed by atoms with Crippen LogP contribution in [0, 0.1) is 0 Å². The summed E-state index contributed by atoms with van der Waals surface area (Å²) < 4.78 is 21.1. The van der Waals surface area contributed by atoms with Gasteiger partial charge in [0, 0.05) is 43.7 Å². The third-order valence-corrected chi connectivity index (χ3v) is 10.8. The molecule has 1 atom stereocenters. The summed E-state index contributed by atoms with van der Waals surface area (Å²) in [4.78, 5) is 35.3. The van der Waals surface area contributed by atoms with E-state index in [9.17, 15) is 14.4 Å². The molecule has 8 rings (SSSR count). The van der Waals surface area contributed by atoms with Crippen molar-refractivity contribution in [2.24, 2.45) is 0 Å². The van der Waals surface area contributed by atoms with Crippen LogP contribution >= 0.6 is 111 Å². The van der Waals surface area contributed by atoms with Gasteiger partial charge in [-0.05, 0) is 159 Å². The summed E-state index contributed by atoms with van der Waals surface area (Å²) in [7, 11) is 16.5. The number of ether oxygens (including phenoxy) is 4. The first-order valence-corrected chi connectivity index (χ1v) is 28.5. The van der Waals surface area contributed by atoms with Gasteiger partial charge in [-0.3, -0.25) is 14.4 Å². The zero-order valence-electron chi connectivity index (χ0n) is 37.5. The van der Waals surface area contributed by atoms with E-state index >= 15 is 0 Å². The van der Waals surface area contributed by atoms with E-state index < -0.39 is 16.6 Å². The molecule has 19 heteroatoms. The largest absolute Gasteiger partial charge is 1.00 e. The van der Waals surface area contributed by atoms with Crippen molar-refractivity contribution in [3.8, 4) is 17.2 Å². The number of allylic oxidation sites excluding steroid dienone is 1. The van der Waals surface area contributed by atoms with Gasteiger partial charge < -0.3 is 24.1 Å². The van der Waals surface area contributed by atoms with Crippen LogP contribution in [-0.2, 0) is 9.47 Å². The summed E-state index contributed by atoms with van der Waals surface area (Å²) in [6, 6.07) is 36.8. The molecule has 6 aromatic rings. The normalized spacial score (nSPS) is 13.1. The lowest BCUT2D eigenvalue weighted by Gasteiger charge is -2.23. The van der Waals surface area contributed by atoms with Crippen LogP contribution in [0.3, 0.4) is 0 Å². The number of carbonyl (C=O) groups is 3. The van der Waals surface area contributed by atoms with Crippen LogP contribution in [0.1, 0.15) is 75.7 Å². The fraction of sp³-hybridized carbons (Fsp3) is 0.180. The lowest BCUT2D eigenvalue weighted by molar-refractivity contribution is -0.105. The monoisotopic (exact) mass is 1150 g/mol. The third-order valence-electron chi connectivity index (χ3n) is 8.94. The fourth-order valence-electron chi connectivity index (χ4n) is 5.60. The highest BCUT2D eigenvalue weighted by atomic mass is 35.8. The number of halogens is 10. The smallest absolute Gasteiger partial charge is 0.508 e. The molecule has 2 aliphatic heterocycles. The molecule has 1 saturated heterocycles. The zero-order valence-corrected chi connectivity index (χ0v) is 45.3. The molecule has 6 aromatic carbocycles. The van der Waals surface area contributed by atoms with E-state index in [2.05, 4.69) is 0 Å². The molecule has 2 heterocycles. The van der Waals surface area contributed by atoms with Crippen LogP contribution < -0.4 is 9.47 Å². The minimum Gasteiger partial charge on any atom is -0.508 e. The summed E-state index contributed by atoms with van der Waals surface area (Å²) in [5.74, 6) is 1.31. The zero-order chi connectivity index (χ0) is 50.7. The van der Waals surface area contributed by atoms with Gasteiger partial charge in [-0.1, -0.05) is 87.8 Å². The Morgan fingerprint density at radius 2 is 1.09 bits per heavy atom. The van der Waals surface area contributed by atoms with Crippen LogP contribution in [0.15, 0.2) is 146 Å². The van der Waals surface area contributed by atoms with E-state index in [1.165, 1.54) is 55.3 Å². The molecule has 1 N–H and O–H groups in total. The molecule has 0 bridgehead atoms. The van der Waals surface area contributed by atoms with E-state index in [0.29, 0.717) is 58.1 Å². The topological polar surface area (TPSA) is 108 Å². The number of methoxy groups -OCH3 is 1. The van der Waals surface area contributed by atoms with Gasteiger partial charge in [-0.2, -0.15) is 0 Å². The Hall–Kier alpha value is -3.34. The van der Waals surface area contributed by atoms with Crippen molar-refractivity contribution >= 4 is 140 Å². The second-order valence-electron chi connectivity index (χ2n) is 13.9. The standard InChI is InChI=1S/C18H16Cl2O3.C13H8Cl2O2.C7H3Cl3O.C7H8O.C5H8O.Al.3ClH/c19-13-6-9-16(20)15(11-13)18(21)12-4-7-14(8-5-12)23-17-3-1-2-10-22-17;14-9-3-6-12(15)11(7-9)13(17)8-1-4-10(16)5-2-8;8-4-1-2-6(9)5(3-4)7(10)11;1-8-7-5-3-2-4-6-7;1-2-4-6-5-3-1;;;;/h4-9,11,17H,1-3,10H2;1-7,16H;1-3H;2-6H,1H3;2,4H,1,3,5H2;;3*1H/q;;;;;+3;;;/p-2. The predicted molar refractivity (Wildman–Crippen MR) is 287 cm³/mol. The lowest BCUT2D eigenvalue weighted by atomic mass is 10.0. The molecule has 0 aliphatic carbocycles. The van der Waals surface area contributed by atoms with Crippen molar-refractivity contribution in [3.05, 3.63) is 204 Å². The Kier molecular flexibility index (Phi) is 29.0. The van der Waals surface area contributed by atoms with Crippen molar-refractivity contribution in [3.63, 3.8) is 0 Å². The molecule has 0 aromatic heterocycles. The molecule has 0 amide bonds. The third kappa shape index (κ3) is 23.6. The minimum absolute atomic E-state index is 0.